The van der Waals surface area contributed by atoms with Gasteiger partial charge in [-0.2, -0.15) is 0 Å². The molecule has 1 aliphatic rings. The summed E-state index contributed by atoms with van der Waals surface area (Å²) < 4.78 is 0. The van der Waals surface area contributed by atoms with Gasteiger partial charge in [-0.3, -0.25) is 4.79 Å². The van der Waals surface area contributed by atoms with Crippen molar-refractivity contribution in [2.45, 2.75) is 39.2 Å². The van der Waals surface area contributed by atoms with Gasteiger partial charge >= 0.3 is 0 Å². The van der Waals surface area contributed by atoms with Gasteiger partial charge in [-0.05, 0) is 37.8 Å². The minimum absolute atomic E-state index is 0.111. The van der Waals surface area contributed by atoms with Crippen molar-refractivity contribution in [3.8, 4) is 0 Å². The maximum atomic E-state index is 12.6. The summed E-state index contributed by atoms with van der Waals surface area (Å²) in [6.07, 6.45) is 3.77. The van der Waals surface area contributed by atoms with E-state index >= 15 is 0 Å². The van der Waals surface area contributed by atoms with E-state index in [4.69, 9.17) is 5.73 Å². The molecule has 104 valence electrons. The van der Waals surface area contributed by atoms with E-state index in [1.165, 1.54) is 19.3 Å². The van der Waals surface area contributed by atoms with Crippen molar-refractivity contribution in [1.29, 1.82) is 0 Å². The average Bonchev–Trinajstić information content (AvgIpc) is 2.37. The van der Waals surface area contributed by atoms with Crippen LogP contribution in [-0.2, 0) is 4.79 Å². The number of benzene rings is 1. The van der Waals surface area contributed by atoms with Crippen molar-refractivity contribution >= 4 is 11.6 Å². The third-order valence-corrected chi connectivity index (χ3v) is 4.18. The van der Waals surface area contributed by atoms with Crippen LogP contribution in [0, 0.1) is 11.8 Å². The first-order valence-corrected chi connectivity index (χ1v) is 7.21. The molecule has 1 aromatic rings. The van der Waals surface area contributed by atoms with Gasteiger partial charge in [-0.15, -0.1) is 0 Å². The molecule has 3 nitrogen and oxygen atoms in total. The number of anilines is 1. The third-order valence-electron chi connectivity index (χ3n) is 4.18. The summed E-state index contributed by atoms with van der Waals surface area (Å²) in [5.74, 6) is 0.665. The molecule has 1 fully saturated rings. The third kappa shape index (κ3) is 3.35. The molecule has 1 aromatic carbocycles. The Morgan fingerprint density at radius 1 is 1.32 bits per heavy atom. The molecule has 0 aromatic heterocycles. The van der Waals surface area contributed by atoms with Crippen molar-refractivity contribution in [2.24, 2.45) is 17.6 Å². The first-order valence-electron chi connectivity index (χ1n) is 7.21. The molecule has 0 aliphatic heterocycles. The fourth-order valence-corrected chi connectivity index (χ4v) is 2.33. The van der Waals surface area contributed by atoms with Crippen LogP contribution in [0.1, 0.15) is 33.1 Å². The standard InChI is InChI=1S/C16H24N2O/c1-12(13(2)17)16(19)18(11-14-7-6-8-14)15-9-4-3-5-10-15/h3-5,9-10,12-14H,6-8,11,17H2,1-2H3. The van der Waals surface area contributed by atoms with E-state index in [2.05, 4.69) is 0 Å². The zero-order valence-corrected chi connectivity index (χ0v) is 11.9. The van der Waals surface area contributed by atoms with E-state index in [9.17, 15) is 4.79 Å². The number of nitrogens with zero attached hydrogens (tertiary/aromatic N) is 1. The molecule has 2 rings (SSSR count). The molecule has 1 aliphatic carbocycles. The number of carbonyl (C=O) groups is 1. The Balaban J connectivity index is 2.16. The van der Waals surface area contributed by atoms with Crippen molar-refractivity contribution in [2.75, 3.05) is 11.4 Å². The highest BCUT2D eigenvalue weighted by Crippen LogP contribution is 2.29. The van der Waals surface area contributed by atoms with Crippen LogP contribution in [0.15, 0.2) is 30.3 Å². The summed E-state index contributed by atoms with van der Waals surface area (Å²) in [5.41, 5.74) is 6.88. The Bertz CT molecular complexity index is 412. The summed E-state index contributed by atoms with van der Waals surface area (Å²) >= 11 is 0. The van der Waals surface area contributed by atoms with E-state index in [1.807, 2.05) is 49.1 Å². The Hall–Kier alpha value is -1.35. The van der Waals surface area contributed by atoms with Crippen LogP contribution in [0.3, 0.4) is 0 Å². The Morgan fingerprint density at radius 3 is 2.42 bits per heavy atom. The summed E-state index contributed by atoms with van der Waals surface area (Å²) in [6, 6.07) is 9.83. The Kier molecular flexibility index (Phi) is 4.59. The lowest BCUT2D eigenvalue weighted by Gasteiger charge is -2.34. The van der Waals surface area contributed by atoms with Gasteiger partial charge in [-0.1, -0.05) is 31.5 Å². The average molecular weight is 260 g/mol. The minimum Gasteiger partial charge on any atom is -0.327 e. The fourth-order valence-electron chi connectivity index (χ4n) is 2.33. The zero-order valence-electron chi connectivity index (χ0n) is 11.9. The van der Waals surface area contributed by atoms with Gasteiger partial charge in [0.1, 0.15) is 0 Å². The highest BCUT2D eigenvalue weighted by atomic mass is 16.2. The molecule has 1 saturated carbocycles. The molecule has 2 atom stereocenters. The Morgan fingerprint density at radius 2 is 1.95 bits per heavy atom. The first kappa shape index (κ1) is 14.1. The molecule has 19 heavy (non-hydrogen) atoms. The van der Waals surface area contributed by atoms with E-state index in [0.717, 1.165) is 12.2 Å². The molecule has 2 unspecified atom stereocenters. The number of rotatable bonds is 5. The zero-order chi connectivity index (χ0) is 13.8. The predicted octanol–water partition coefficient (Wildman–Crippen LogP) is 2.80. The van der Waals surface area contributed by atoms with Crippen LogP contribution in [0.5, 0.6) is 0 Å². The lowest BCUT2D eigenvalue weighted by molar-refractivity contribution is -0.122. The van der Waals surface area contributed by atoms with Crippen LogP contribution in [0.4, 0.5) is 5.69 Å². The van der Waals surface area contributed by atoms with Gasteiger partial charge in [0.2, 0.25) is 5.91 Å². The molecule has 0 saturated heterocycles. The maximum Gasteiger partial charge on any atom is 0.231 e. The van der Waals surface area contributed by atoms with Gasteiger partial charge in [0, 0.05) is 18.3 Å². The molecule has 1 amide bonds. The van der Waals surface area contributed by atoms with Crippen LogP contribution in [-0.4, -0.2) is 18.5 Å². The molecule has 0 radical (unpaired) electrons. The molecule has 0 bridgehead atoms. The van der Waals surface area contributed by atoms with Gasteiger partial charge in [-0.25, -0.2) is 0 Å². The second-order valence-corrected chi connectivity index (χ2v) is 5.73. The molecule has 0 spiro atoms. The predicted molar refractivity (Wildman–Crippen MR) is 78.9 cm³/mol. The highest BCUT2D eigenvalue weighted by molar-refractivity contribution is 5.95. The Labute approximate surface area is 115 Å². The largest absolute Gasteiger partial charge is 0.327 e. The number of para-hydroxylation sites is 1. The second kappa shape index (κ2) is 6.20. The van der Waals surface area contributed by atoms with Gasteiger partial charge in [0.25, 0.3) is 0 Å². The van der Waals surface area contributed by atoms with Crippen molar-refractivity contribution in [3.05, 3.63) is 30.3 Å². The van der Waals surface area contributed by atoms with E-state index < -0.39 is 0 Å². The fraction of sp³-hybridized carbons (Fsp3) is 0.562. The number of nitrogens with two attached hydrogens (primary N) is 1. The SMILES string of the molecule is CC(N)C(C)C(=O)N(CC1CCC1)c1ccccc1. The molecule has 2 N–H and O–H groups in total. The summed E-state index contributed by atoms with van der Waals surface area (Å²) in [4.78, 5) is 14.5. The van der Waals surface area contributed by atoms with Crippen molar-refractivity contribution in [1.82, 2.24) is 0 Å². The van der Waals surface area contributed by atoms with E-state index in [-0.39, 0.29) is 17.9 Å². The molecular weight excluding hydrogens is 236 g/mol. The number of carbonyl (C=O) groups excluding carboxylic acids is 1. The normalized spacial score (nSPS) is 18.5. The van der Waals surface area contributed by atoms with Crippen LogP contribution >= 0.6 is 0 Å². The quantitative estimate of drug-likeness (QED) is 0.885. The van der Waals surface area contributed by atoms with E-state index in [0.29, 0.717) is 5.92 Å². The lowest BCUT2D eigenvalue weighted by atomic mass is 9.84. The van der Waals surface area contributed by atoms with Crippen LogP contribution in [0.2, 0.25) is 0 Å². The lowest BCUT2D eigenvalue weighted by Crippen LogP contribution is -2.44. The second-order valence-electron chi connectivity index (χ2n) is 5.73. The van der Waals surface area contributed by atoms with Gasteiger partial charge in [0.05, 0.1) is 5.92 Å². The molecular formula is C16H24N2O. The molecule has 3 heteroatoms. The van der Waals surface area contributed by atoms with Crippen molar-refractivity contribution in [3.63, 3.8) is 0 Å². The minimum atomic E-state index is -0.139. The van der Waals surface area contributed by atoms with E-state index in [1.54, 1.807) is 0 Å². The highest BCUT2D eigenvalue weighted by Gasteiger charge is 2.28. The monoisotopic (exact) mass is 260 g/mol. The van der Waals surface area contributed by atoms with Crippen LogP contribution in [0.25, 0.3) is 0 Å². The topological polar surface area (TPSA) is 46.3 Å². The summed E-state index contributed by atoms with van der Waals surface area (Å²) in [5, 5.41) is 0. The smallest absolute Gasteiger partial charge is 0.231 e. The number of hydrogen-bond acceptors (Lipinski definition) is 2. The summed E-state index contributed by atoms with van der Waals surface area (Å²) in [6.45, 7) is 4.65. The van der Waals surface area contributed by atoms with Gasteiger partial charge in [0.15, 0.2) is 0 Å². The van der Waals surface area contributed by atoms with Crippen LogP contribution < -0.4 is 10.6 Å². The van der Waals surface area contributed by atoms with Crippen molar-refractivity contribution < 1.29 is 4.79 Å². The molecule has 0 heterocycles. The van der Waals surface area contributed by atoms with Gasteiger partial charge < -0.3 is 10.6 Å². The number of amides is 1. The maximum absolute atomic E-state index is 12.6. The number of hydrogen-bond donors (Lipinski definition) is 1. The first-order chi connectivity index (χ1) is 9.09. The summed E-state index contributed by atoms with van der Waals surface area (Å²) in [7, 11) is 0.